The maximum absolute atomic E-state index is 12.5. The number of rotatable bonds is 6. The van der Waals surface area contributed by atoms with Crippen LogP contribution in [0.4, 0.5) is 13.2 Å². The number of hydrogen-bond donors (Lipinski definition) is 2. The standard InChI is InChI=1S/C18H14F3N3O5S/c1-28-14-8-4-2-6-11(14)13-10-16(23-22-13)30(26,27)24-17(25)12-7-3-5-9-15(12)29-18(19,20)21/h2-10H,1H3,(H,22,23)(H,24,25). The van der Waals surface area contributed by atoms with Crippen LogP contribution in [0.15, 0.2) is 59.6 Å². The van der Waals surface area contributed by atoms with Crippen LogP contribution in [0, 0.1) is 0 Å². The molecular formula is C18H14F3N3O5S. The molecule has 0 saturated carbocycles. The van der Waals surface area contributed by atoms with Gasteiger partial charge in [0.05, 0.1) is 18.4 Å². The summed E-state index contributed by atoms with van der Waals surface area (Å²) in [5.41, 5.74) is 0.108. The van der Waals surface area contributed by atoms with Crippen molar-refractivity contribution in [1.82, 2.24) is 14.9 Å². The highest BCUT2D eigenvalue weighted by atomic mass is 32.2. The minimum atomic E-state index is -5.05. The van der Waals surface area contributed by atoms with Gasteiger partial charge in [0.15, 0.2) is 5.03 Å². The van der Waals surface area contributed by atoms with Gasteiger partial charge in [-0.1, -0.05) is 24.3 Å². The van der Waals surface area contributed by atoms with E-state index in [2.05, 4.69) is 14.9 Å². The van der Waals surface area contributed by atoms with Gasteiger partial charge in [0, 0.05) is 11.6 Å². The normalized spacial score (nSPS) is 11.7. The average molecular weight is 441 g/mol. The van der Waals surface area contributed by atoms with E-state index in [-0.39, 0.29) is 5.69 Å². The highest BCUT2D eigenvalue weighted by Gasteiger charge is 2.33. The number of nitrogens with zero attached hydrogens (tertiary/aromatic N) is 1. The molecule has 0 saturated heterocycles. The molecule has 1 aromatic heterocycles. The molecule has 0 aliphatic carbocycles. The predicted molar refractivity (Wildman–Crippen MR) is 98.4 cm³/mol. The van der Waals surface area contributed by atoms with E-state index in [1.165, 1.54) is 19.2 Å². The van der Waals surface area contributed by atoms with Gasteiger partial charge in [-0.15, -0.1) is 13.2 Å². The minimum Gasteiger partial charge on any atom is -0.496 e. The molecule has 1 amide bonds. The molecule has 2 N–H and O–H groups in total. The second-order valence-corrected chi connectivity index (χ2v) is 7.45. The lowest BCUT2D eigenvalue weighted by atomic mass is 10.1. The minimum absolute atomic E-state index is 0.223. The van der Waals surface area contributed by atoms with Crippen molar-refractivity contribution >= 4 is 15.9 Å². The SMILES string of the molecule is COc1ccccc1-c1cc(S(=O)(=O)NC(=O)c2ccccc2OC(F)(F)F)[nH]n1. The number of aromatic nitrogens is 2. The predicted octanol–water partition coefficient (Wildman–Crippen LogP) is 3.10. The van der Waals surface area contributed by atoms with Crippen molar-refractivity contribution in [3.05, 3.63) is 60.2 Å². The van der Waals surface area contributed by atoms with Gasteiger partial charge >= 0.3 is 6.36 Å². The summed E-state index contributed by atoms with van der Waals surface area (Å²) in [5.74, 6) is -1.70. The Kier molecular flexibility index (Phi) is 5.69. The number of amides is 1. The largest absolute Gasteiger partial charge is 0.573 e. The zero-order valence-electron chi connectivity index (χ0n) is 15.2. The number of carbonyl (C=O) groups is 1. The Morgan fingerprint density at radius 3 is 2.37 bits per heavy atom. The van der Waals surface area contributed by atoms with Crippen LogP contribution in [0.3, 0.4) is 0 Å². The summed E-state index contributed by atoms with van der Waals surface area (Å²) >= 11 is 0. The molecule has 30 heavy (non-hydrogen) atoms. The Morgan fingerprint density at radius 2 is 1.70 bits per heavy atom. The van der Waals surface area contributed by atoms with Crippen molar-refractivity contribution in [2.75, 3.05) is 7.11 Å². The highest BCUT2D eigenvalue weighted by Crippen LogP contribution is 2.29. The van der Waals surface area contributed by atoms with Crippen molar-refractivity contribution in [3.63, 3.8) is 0 Å². The van der Waals surface area contributed by atoms with Gasteiger partial charge in [0.2, 0.25) is 0 Å². The zero-order valence-corrected chi connectivity index (χ0v) is 16.0. The lowest BCUT2D eigenvalue weighted by Gasteiger charge is -2.12. The molecule has 8 nitrogen and oxygen atoms in total. The summed E-state index contributed by atoms with van der Waals surface area (Å²) < 4.78 is 73.2. The van der Waals surface area contributed by atoms with Crippen LogP contribution in [0.25, 0.3) is 11.3 Å². The van der Waals surface area contributed by atoms with Crippen molar-refractivity contribution in [2.24, 2.45) is 0 Å². The second kappa shape index (κ2) is 8.06. The van der Waals surface area contributed by atoms with E-state index in [0.29, 0.717) is 11.3 Å². The number of ether oxygens (including phenoxy) is 2. The number of para-hydroxylation sites is 2. The molecule has 3 aromatic rings. The molecule has 0 bridgehead atoms. The Morgan fingerprint density at radius 1 is 1.07 bits per heavy atom. The number of benzene rings is 2. The zero-order chi connectivity index (χ0) is 21.9. The average Bonchev–Trinajstić information content (AvgIpc) is 3.18. The number of sulfonamides is 1. The number of aromatic amines is 1. The van der Waals surface area contributed by atoms with Gasteiger partial charge in [-0.3, -0.25) is 9.89 Å². The van der Waals surface area contributed by atoms with E-state index in [4.69, 9.17) is 4.74 Å². The fourth-order valence-electron chi connectivity index (χ4n) is 2.54. The van der Waals surface area contributed by atoms with Gasteiger partial charge < -0.3 is 9.47 Å². The van der Waals surface area contributed by atoms with Gasteiger partial charge in [-0.25, -0.2) is 4.72 Å². The quantitative estimate of drug-likeness (QED) is 0.608. The Labute approximate surface area is 168 Å². The number of methoxy groups -OCH3 is 1. The third-order valence-electron chi connectivity index (χ3n) is 3.81. The molecule has 1 heterocycles. The first kappa shape index (κ1) is 21.2. The van der Waals surface area contributed by atoms with Crippen LogP contribution >= 0.6 is 0 Å². The van der Waals surface area contributed by atoms with Gasteiger partial charge in [0.25, 0.3) is 15.9 Å². The number of alkyl halides is 3. The van der Waals surface area contributed by atoms with Crippen LogP contribution in [0.5, 0.6) is 11.5 Å². The maximum Gasteiger partial charge on any atom is 0.573 e. The lowest BCUT2D eigenvalue weighted by molar-refractivity contribution is -0.274. The molecule has 0 aliphatic heterocycles. The summed E-state index contributed by atoms with van der Waals surface area (Å²) in [6.45, 7) is 0. The molecule has 158 valence electrons. The summed E-state index contributed by atoms with van der Waals surface area (Å²) in [5, 5.41) is 5.72. The van der Waals surface area contributed by atoms with Crippen LogP contribution in [-0.4, -0.2) is 38.0 Å². The second-order valence-electron chi connectivity index (χ2n) is 5.80. The van der Waals surface area contributed by atoms with Gasteiger partial charge in [-0.05, 0) is 24.3 Å². The summed E-state index contributed by atoms with van der Waals surface area (Å²) in [4.78, 5) is 12.3. The van der Waals surface area contributed by atoms with Crippen molar-refractivity contribution in [1.29, 1.82) is 0 Å². The number of H-pyrrole nitrogens is 1. The van der Waals surface area contributed by atoms with Gasteiger partial charge in [0.1, 0.15) is 11.5 Å². The highest BCUT2D eigenvalue weighted by molar-refractivity contribution is 7.90. The van der Waals surface area contributed by atoms with Crippen LogP contribution in [0.2, 0.25) is 0 Å². The molecule has 3 rings (SSSR count). The first-order chi connectivity index (χ1) is 14.1. The van der Waals surface area contributed by atoms with Crippen LogP contribution in [0.1, 0.15) is 10.4 Å². The maximum atomic E-state index is 12.5. The van der Waals surface area contributed by atoms with Gasteiger partial charge in [-0.2, -0.15) is 13.5 Å². The van der Waals surface area contributed by atoms with Crippen molar-refractivity contribution in [2.45, 2.75) is 11.4 Å². The monoisotopic (exact) mass is 441 g/mol. The number of hydrogen-bond acceptors (Lipinski definition) is 6. The Bertz CT molecular complexity index is 1180. The first-order valence-electron chi connectivity index (χ1n) is 8.21. The molecule has 0 fully saturated rings. The third-order valence-corrected chi connectivity index (χ3v) is 5.05. The van der Waals surface area contributed by atoms with Crippen molar-refractivity contribution < 1.29 is 35.9 Å². The van der Waals surface area contributed by atoms with Crippen LogP contribution < -0.4 is 14.2 Å². The molecule has 0 unspecified atom stereocenters. The first-order valence-corrected chi connectivity index (χ1v) is 9.70. The van der Waals surface area contributed by atoms with E-state index in [1.807, 2.05) is 0 Å². The molecule has 0 spiro atoms. The van der Waals surface area contributed by atoms with E-state index >= 15 is 0 Å². The molecule has 12 heteroatoms. The topological polar surface area (TPSA) is 110 Å². The van der Waals surface area contributed by atoms with E-state index < -0.39 is 38.6 Å². The lowest BCUT2D eigenvalue weighted by Crippen LogP contribution is -2.31. The fraction of sp³-hybridized carbons (Fsp3) is 0.111. The van der Waals surface area contributed by atoms with Crippen LogP contribution in [-0.2, 0) is 10.0 Å². The van der Waals surface area contributed by atoms with E-state index in [9.17, 15) is 26.4 Å². The molecule has 0 radical (unpaired) electrons. The summed E-state index contributed by atoms with van der Waals surface area (Å²) in [6, 6.07) is 12.2. The molecule has 0 atom stereocenters. The number of halogens is 3. The molecule has 0 aliphatic rings. The molecule has 2 aromatic carbocycles. The number of carbonyl (C=O) groups excluding carboxylic acids is 1. The third kappa shape index (κ3) is 4.71. The summed E-state index contributed by atoms with van der Waals surface area (Å²) in [7, 11) is -3.04. The smallest absolute Gasteiger partial charge is 0.496 e. The fourth-order valence-corrected chi connectivity index (χ4v) is 3.43. The van der Waals surface area contributed by atoms with Crippen molar-refractivity contribution in [3.8, 4) is 22.8 Å². The number of nitrogens with one attached hydrogen (secondary N) is 2. The Balaban J connectivity index is 1.86. The summed E-state index contributed by atoms with van der Waals surface area (Å²) in [6.07, 6.45) is -5.05. The Hall–Kier alpha value is -3.54. The molecular weight excluding hydrogens is 427 g/mol. The van der Waals surface area contributed by atoms with E-state index in [0.717, 1.165) is 18.2 Å². The van der Waals surface area contributed by atoms with E-state index in [1.54, 1.807) is 29.0 Å².